The topological polar surface area (TPSA) is 92.3 Å². The van der Waals surface area contributed by atoms with E-state index in [4.69, 9.17) is 10.8 Å². The van der Waals surface area contributed by atoms with Crippen LogP contribution in [-0.2, 0) is 0 Å². The van der Waals surface area contributed by atoms with Crippen LogP contribution < -0.4 is 5.73 Å². The zero-order valence-electron chi connectivity index (χ0n) is 10.7. The number of aliphatic hydroxyl groups excluding tert-OH is 1. The largest absolute Gasteiger partial charge is 0.397 e. The molecule has 0 aliphatic heterocycles. The monoisotopic (exact) mass is 280 g/mol. The van der Waals surface area contributed by atoms with Gasteiger partial charge >= 0.3 is 0 Å². The molecule has 0 radical (unpaired) electrons. The summed E-state index contributed by atoms with van der Waals surface area (Å²) in [5, 5.41) is 17.4. The molecular formula is C12H16N4O2S. The van der Waals surface area contributed by atoms with Crippen LogP contribution in [0.2, 0.25) is 0 Å². The van der Waals surface area contributed by atoms with Crippen LogP contribution in [0.1, 0.15) is 23.0 Å². The summed E-state index contributed by atoms with van der Waals surface area (Å²) in [6, 6.07) is 1.76. The number of amides is 1. The molecule has 0 spiro atoms. The Morgan fingerprint density at radius 2 is 2.37 bits per heavy atom. The molecule has 0 saturated carbocycles. The molecule has 0 unspecified atom stereocenters. The third-order valence-corrected chi connectivity index (χ3v) is 3.96. The zero-order chi connectivity index (χ0) is 13.8. The average molecular weight is 280 g/mol. The van der Waals surface area contributed by atoms with Crippen LogP contribution in [0.3, 0.4) is 0 Å². The molecule has 0 atom stereocenters. The third-order valence-electron chi connectivity index (χ3n) is 2.87. The minimum Gasteiger partial charge on any atom is -0.397 e. The maximum absolute atomic E-state index is 12.4. The molecule has 0 fully saturated rings. The number of hydrogen-bond donors (Lipinski definition) is 2. The summed E-state index contributed by atoms with van der Waals surface area (Å²) in [5.41, 5.74) is 6.47. The number of nitrogens with two attached hydrogens (primary N) is 1. The van der Waals surface area contributed by atoms with Crippen LogP contribution in [-0.4, -0.2) is 45.8 Å². The number of nitrogens with zero attached hydrogens (tertiary/aromatic N) is 3. The lowest BCUT2D eigenvalue weighted by Gasteiger charge is -2.19. The van der Waals surface area contributed by atoms with E-state index in [-0.39, 0.29) is 12.5 Å². The SMILES string of the molecule is CCN(CCCO)C(=O)c1sc2nnccc2c1N. The first kappa shape index (κ1) is 13.7. The van der Waals surface area contributed by atoms with Gasteiger partial charge in [0.25, 0.3) is 5.91 Å². The number of hydrogen-bond acceptors (Lipinski definition) is 6. The van der Waals surface area contributed by atoms with Crippen molar-refractivity contribution in [1.82, 2.24) is 15.1 Å². The molecule has 7 heteroatoms. The predicted molar refractivity (Wildman–Crippen MR) is 75.1 cm³/mol. The lowest BCUT2D eigenvalue weighted by molar-refractivity contribution is 0.0760. The fourth-order valence-corrected chi connectivity index (χ4v) is 2.85. The van der Waals surface area contributed by atoms with E-state index < -0.39 is 0 Å². The highest BCUT2D eigenvalue weighted by Gasteiger charge is 2.21. The van der Waals surface area contributed by atoms with Crippen molar-refractivity contribution in [2.75, 3.05) is 25.4 Å². The molecule has 0 saturated heterocycles. The number of aromatic nitrogens is 2. The van der Waals surface area contributed by atoms with Crippen LogP contribution >= 0.6 is 11.3 Å². The first-order valence-corrected chi connectivity index (χ1v) is 6.90. The maximum atomic E-state index is 12.4. The summed E-state index contributed by atoms with van der Waals surface area (Å²) in [6.45, 7) is 3.07. The lowest BCUT2D eigenvalue weighted by atomic mass is 10.2. The molecule has 2 aromatic rings. The normalized spacial score (nSPS) is 10.8. The maximum Gasteiger partial charge on any atom is 0.266 e. The van der Waals surface area contributed by atoms with Gasteiger partial charge in [0.1, 0.15) is 9.71 Å². The van der Waals surface area contributed by atoms with Crippen molar-refractivity contribution in [3.05, 3.63) is 17.1 Å². The summed E-state index contributed by atoms with van der Waals surface area (Å²) in [7, 11) is 0. The fraction of sp³-hybridized carbons (Fsp3) is 0.417. The highest BCUT2D eigenvalue weighted by molar-refractivity contribution is 7.21. The average Bonchev–Trinajstić information content (AvgIpc) is 2.77. The van der Waals surface area contributed by atoms with Gasteiger partial charge in [-0.1, -0.05) is 0 Å². The van der Waals surface area contributed by atoms with Gasteiger partial charge in [0.2, 0.25) is 0 Å². The van der Waals surface area contributed by atoms with Crippen molar-refractivity contribution in [3.8, 4) is 0 Å². The molecule has 2 rings (SSSR count). The Bertz CT molecular complexity index is 584. The number of fused-ring (bicyclic) bond motifs is 1. The molecule has 3 N–H and O–H groups in total. The van der Waals surface area contributed by atoms with E-state index in [0.29, 0.717) is 34.9 Å². The summed E-state index contributed by atoms with van der Waals surface area (Å²) in [4.78, 5) is 15.2. The summed E-state index contributed by atoms with van der Waals surface area (Å²) >= 11 is 1.26. The van der Waals surface area contributed by atoms with Gasteiger partial charge in [0.05, 0.1) is 11.9 Å². The fourth-order valence-electron chi connectivity index (χ4n) is 1.84. The van der Waals surface area contributed by atoms with Crippen LogP contribution in [0.5, 0.6) is 0 Å². The highest BCUT2D eigenvalue weighted by Crippen LogP contribution is 2.32. The molecule has 19 heavy (non-hydrogen) atoms. The Morgan fingerprint density at radius 3 is 3.00 bits per heavy atom. The molecule has 0 aliphatic carbocycles. The Morgan fingerprint density at radius 1 is 1.58 bits per heavy atom. The molecule has 0 bridgehead atoms. The van der Waals surface area contributed by atoms with E-state index >= 15 is 0 Å². The zero-order valence-corrected chi connectivity index (χ0v) is 11.5. The van der Waals surface area contributed by atoms with Crippen molar-refractivity contribution < 1.29 is 9.90 Å². The molecule has 1 amide bonds. The van der Waals surface area contributed by atoms with Crippen molar-refractivity contribution in [1.29, 1.82) is 0 Å². The van der Waals surface area contributed by atoms with Crippen LogP contribution in [0.25, 0.3) is 10.2 Å². The standard InChI is InChI=1S/C12H16N4O2S/c1-2-16(6-3-7-17)12(18)10-9(13)8-4-5-14-15-11(8)19-10/h4-5,17H,2-3,6-7,13H2,1H3. The quantitative estimate of drug-likeness (QED) is 0.856. The van der Waals surface area contributed by atoms with Crippen molar-refractivity contribution in [2.45, 2.75) is 13.3 Å². The van der Waals surface area contributed by atoms with Crippen LogP contribution in [0.4, 0.5) is 5.69 Å². The molecular weight excluding hydrogens is 264 g/mol. The number of nitrogen functional groups attached to an aromatic ring is 1. The molecule has 2 aromatic heterocycles. The van der Waals surface area contributed by atoms with Crippen molar-refractivity contribution in [2.24, 2.45) is 0 Å². The Labute approximate surface area is 114 Å². The first-order chi connectivity index (χ1) is 9.19. The van der Waals surface area contributed by atoms with Gasteiger partial charge in [-0.2, -0.15) is 5.10 Å². The van der Waals surface area contributed by atoms with Crippen molar-refractivity contribution >= 4 is 33.1 Å². The summed E-state index contributed by atoms with van der Waals surface area (Å²) in [6.07, 6.45) is 2.12. The van der Waals surface area contributed by atoms with E-state index in [9.17, 15) is 4.79 Å². The Hall–Kier alpha value is -1.73. The van der Waals surface area contributed by atoms with Gasteiger partial charge in [0.15, 0.2) is 0 Å². The highest BCUT2D eigenvalue weighted by atomic mass is 32.1. The van der Waals surface area contributed by atoms with E-state index in [2.05, 4.69) is 10.2 Å². The Kier molecular flexibility index (Phi) is 4.28. The van der Waals surface area contributed by atoms with Gasteiger partial charge in [-0.25, -0.2) is 0 Å². The number of rotatable bonds is 5. The lowest BCUT2D eigenvalue weighted by Crippen LogP contribution is -2.32. The van der Waals surface area contributed by atoms with Crippen LogP contribution in [0, 0.1) is 0 Å². The van der Waals surface area contributed by atoms with Gasteiger partial charge in [-0.15, -0.1) is 16.4 Å². The second kappa shape index (κ2) is 5.94. The number of carbonyl (C=O) groups excluding carboxylic acids is 1. The number of aliphatic hydroxyl groups is 1. The Balaban J connectivity index is 2.32. The number of thiophene rings is 1. The van der Waals surface area contributed by atoms with Crippen molar-refractivity contribution in [3.63, 3.8) is 0 Å². The molecule has 0 aliphatic rings. The summed E-state index contributed by atoms with van der Waals surface area (Å²) in [5.74, 6) is -0.114. The molecule has 102 valence electrons. The van der Waals surface area contributed by atoms with Gasteiger partial charge < -0.3 is 15.7 Å². The first-order valence-electron chi connectivity index (χ1n) is 6.08. The molecule has 0 aromatic carbocycles. The van der Waals surface area contributed by atoms with E-state index in [0.717, 1.165) is 5.39 Å². The third kappa shape index (κ3) is 2.66. The predicted octanol–water partition coefficient (Wildman–Crippen LogP) is 1.12. The molecule has 6 nitrogen and oxygen atoms in total. The van der Waals surface area contributed by atoms with E-state index in [1.54, 1.807) is 17.2 Å². The van der Waals surface area contributed by atoms with E-state index in [1.807, 2.05) is 6.92 Å². The van der Waals surface area contributed by atoms with Crippen LogP contribution in [0.15, 0.2) is 12.3 Å². The number of anilines is 1. The van der Waals surface area contributed by atoms with Gasteiger partial charge in [-0.05, 0) is 19.4 Å². The smallest absolute Gasteiger partial charge is 0.266 e. The number of carbonyl (C=O) groups is 1. The molecule has 2 heterocycles. The second-order valence-electron chi connectivity index (χ2n) is 4.06. The summed E-state index contributed by atoms with van der Waals surface area (Å²) < 4.78 is 0. The van der Waals surface area contributed by atoms with Gasteiger partial charge in [-0.3, -0.25) is 4.79 Å². The second-order valence-corrected chi connectivity index (χ2v) is 5.06. The minimum absolute atomic E-state index is 0.0666. The minimum atomic E-state index is -0.114. The van der Waals surface area contributed by atoms with Gasteiger partial charge in [0, 0.05) is 25.1 Å². The van der Waals surface area contributed by atoms with E-state index in [1.165, 1.54) is 11.3 Å².